The summed E-state index contributed by atoms with van der Waals surface area (Å²) in [7, 11) is 3.43. The molecule has 0 unspecified atom stereocenters. The van der Waals surface area contributed by atoms with Crippen LogP contribution < -0.4 is 19.3 Å². The van der Waals surface area contributed by atoms with Crippen LogP contribution in [0.15, 0.2) is 36.4 Å². The third kappa shape index (κ3) is 1.90. The van der Waals surface area contributed by atoms with Crippen molar-refractivity contribution in [1.82, 2.24) is 0 Å². The van der Waals surface area contributed by atoms with Crippen LogP contribution >= 0.6 is 0 Å². The zero-order chi connectivity index (χ0) is 14.4. The molecule has 108 valence electrons. The molecule has 2 aromatic carbocycles. The SMILES string of the molecule is COc1ccc2c(c1)CN1CN2Cc2cc(OC)ccc21. The Morgan fingerprint density at radius 2 is 1.24 bits per heavy atom. The molecule has 2 aliphatic heterocycles. The van der Waals surface area contributed by atoms with E-state index in [4.69, 9.17) is 9.47 Å². The lowest BCUT2D eigenvalue weighted by molar-refractivity contribution is 0.413. The number of methoxy groups -OCH3 is 2. The molecule has 0 aromatic heterocycles. The Balaban J connectivity index is 1.76. The minimum Gasteiger partial charge on any atom is -0.497 e. The lowest BCUT2D eigenvalue weighted by atomic mass is 10.0. The second-order valence-electron chi connectivity index (χ2n) is 5.53. The molecular formula is C17H18N2O2. The standard InChI is InChI=1S/C17H18N2O2/c1-20-14-3-5-16-12(7-14)9-18-11-19(16)10-13-8-15(21-2)4-6-17(13)18/h3-8H,9-11H2,1-2H3. The zero-order valence-corrected chi connectivity index (χ0v) is 12.3. The Kier molecular flexibility index (Phi) is 2.70. The van der Waals surface area contributed by atoms with Crippen molar-refractivity contribution in [2.75, 3.05) is 30.7 Å². The highest BCUT2D eigenvalue weighted by molar-refractivity contribution is 5.69. The quantitative estimate of drug-likeness (QED) is 0.845. The summed E-state index contributed by atoms with van der Waals surface area (Å²) in [4.78, 5) is 4.81. The molecule has 0 aliphatic carbocycles. The van der Waals surface area contributed by atoms with Gasteiger partial charge in [-0.2, -0.15) is 0 Å². The van der Waals surface area contributed by atoms with Gasteiger partial charge in [0.1, 0.15) is 11.5 Å². The van der Waals surface area contributed by atoms with Gasteiger partial charge in [0.15, 0.2) is 0 Å². The molecule has 0 radical (unpaired) electrons. The molecule has 4 nitrogen and oxygen atoms in total. The smallest absolute Gasteiger partial charge is 0.119 e. The van der Waals surface area contributed by atoms with Crippen LogP contribution in [0.3, 0.4) is 0 Å². The van der Waals surface area contributed by atoms with E-state index in [0.29, 0.717) is 0 Å². The largest absolute Gasteiger partial charge is 0.497 e. The molecule has 0 N–H and O–H groups in total. The molecule has 4 heteroatoms. The van der Waals surface area contributed by atoms with Gasteiger partial charge in [0.05, 0.1) is 20.9 Å². The minimum atomic E-state index is 0.919. The average molecular weight is 282 g/mol. The van der Waals surface area contributed by atoms with Gasteiger partial charge in [-0.15, -0.1) is 0 Å². The number of anilines is 2. The van der Waals surface area contributed by atoms with Crippen LogP contribution in [-0.4, -0.2) is 20.9 Å². The van der Waals surface area contributed by atoms with Gasteiger partial charge in [0.2, 0.25) is 0 Å². The maximum absolute atomic E-state index is 5.35. The van der Waals surface area contributed by atoms with Crippen LogP contribution in [-0.2, 0) is 13.1 Å². The fourth-order valence-electron chi connectivity index (χ4n) is 3.29. The highest BCUT2D eigenvalue weighted by Gasteiger charge is 2.29. The number of benzene rings is 2. The first kappa shape index (κ1) is 12.4. The van der Waals surface area contributed by atoms with Gasteiger partial charge in [-0.05, 0) is 47.5 Å². The van der Waals surface area contributed by atoms with Crippen molar-refractivity contribution in [3.63, 3.8) is 0 Å². The Bertz CT molecular complexity index is 640. The van der Waals surface area contributed by atoms with Crippen molar-refractivity contribution >= 4 is 11.4 Å². The molecule has 0 atom stereocenters. The van der Waals surface area contributed by atoms with E-state index in [-0.39, 0.29) is 0 Å². The average Bonchev–Trinajstić information content (AvgIpc) is 2.53. The molecule has 2 aliphatic rings. The van der Waals surface area contributed by atoms with Crippen LogP contribution in [0, 0.1) is 0 Å². The second kappa shape index (κ2) is 4.58. The molecule has 2 aromatic rings. The van der Waals surface area contributed by atoms with Crippen LogP contribution in [0.2, 0.25) is 0 Å². The molecule has 0 amide bonds. The maximum atomic E-state index is 5.35. The van der Waals surface area contributed by atoms with Gasteiger partial charge >= 0.3 is 0 Å². The predicted octanol–water partition coefficient (Wildman–Crippen LogP) is 3.00. The summed E-state index contributed by atoms with van der Waals surface area (Å²) >= 11 is 0. The van der Waals surface area contributed by atoms with Gasteiger partial charge in [0.25, 0.3) is 0 Å². The van der Waals surface area contributed by atoms with Crippen LogP contribution in [0.4, 0.5) is 11.4 Å². The van der Waals surface area contributed by atoms with Gasteiger partial charge in [-0.1, -0.05) is 0 Å². The normalized spacial score (nSPS) is 15.3. The van der Waals surface area contributed by atoms with Gasteiger partial charge in [-0.25, -0.2) is 0 Å². The lowest BCUT2D eigenvalue weighted by Crippen LogP contribution is -2.46. The number of hydrogen-bond acceptors (Lipinski definition) is 4. The number of ether oxygens (including phenoxy) is 2. The Hall–Kier alpha value is -2.36. The highest BCUT2D eigenvalue weighted by atomic mass is 16.5. The molecule has 0 saturated heterocycles. The first-order valence-corrected chi connectivity index (χ1v) is 7.12. The van der Waals surface area contributed by atoms with E-state index < -0.39 is 0 Å². The summed E-state index contributed by atoms with van der Waals surface area (Å²) in [5.74, 6) is 1.84. The molecule has 4 rings (SSSR count). The van der Waals surface area contributed by atoms with Gasteiger partial charge in [-0.3, -0.25) is 0 Å². The maximum Gasteiger partial charge on any atom is 0.119 e. The molecule has 0 spiro atoms. The highest BCUT2D eigenvalue weighted by Crippen LogP contribution is 2.40. The number of rotatable bonds is 2. The van der Waals surface area contributed by atoms with E-state index in [1.54, 1.807) is 14.2 Å². The first-order chi connectivity index (χ1) is 10.3. The van der Waals surface area contributed by atoms with E-state index in [0.717, 1.165) is 31.3 Å². The summed E-state index contributed by atoms with van der Waals surface area (Å²) < 4.78 is 10.7. The van der Waals surface area contributed by atoms with Crippen LogP contribution in [0.1, 0.15) is 11.1 Å². The molecule has 21 heavy (non-hydrogen) atoms. The molecule has 2 heterocycles. The summed E-state index contributed by atoms with van der Waals surface area (Å²) in [6.45, 7) is 2.78. The van der Waals surface area contributed by atoms with E-state index in [2.05, 4.69) is 34.1 Å². The van der Waals surface area contributed by atoms with E-state index in [9.17, 15) is 0 Å². The summed E-state index contributed by atoms with van der Waals surface area (Å²) in [6.07, 6.45) is 0. The Morgan fingerprint density at radius 1 is 0.762 bits per heavy atom. The third-order valence-corrected chi connectivity index (χ3v) is 4.32. The molecule has 0 fully saturated rings. The Morgan fingerprint density at radius 3 is 1.67 bits per heavy atom. The number of hydrogen-bond donors (Lipinski definition) is 0. The second-order valence-corrected chi connectivity index (χ2v) is 5.53. The summed E-state index contributed by atoms with van der Waals surface area (Å²) in [5.41, 5.74) is 5.25. The van der Waals surface area contributed by atoms with Crippen molar-refractivity contribution in [2.24, 2.45) is 0 Å². The third-order valence-electron chi connectivity index (χ3n) is 4.32. The lowest BCUT2D eigenvalue weighted by Gasteiger charge is -2.44. The number of fused-ring (bicyclic) bond motifs is 6. The fourth-order valence-corrected chi connectivity index (χ4v) is 3.29. The van der Waals surface area contributed by atoms with Crippen LogP contribution in [0.5, 0.6) is 11.5 Å². The number of nitrogens with zero attached hydrogens (tertiary/aromatic N) is 2. The minimum absolute atomic E-state index is 0.919. The predicted molar refractivity (Wildman–Crippen MR) is 83.2 cm³/mol. The van der Waals surface area contributed by atoms with E-state index >= 15 is 0 Å². The van der Waals surface area contributed by atoms with E-state index in [1.807, 2.05) is 12.1 Å². The van der Waals surface area contributed by atoms with Gasteiger partial charge < -0.3 is 19.3 Å². The van der Waals surface area contributed by atoms with Crippen molar-refractivity contribution in [3.05, 3.63) is 47.5 Å². The first-order valence-electron chi connectivity index (χ1n) is 7.12. The monoisotopic (exact) mass is 282 g/mol. The molecule has 2 bridgehead atoms. The van der Waals surface area contributed by atoms with E-state index in [1.165, 1.54) is 22.5 Å². The Labute approximate surface area is 124 Å². The summed E-state index contributed by atoms with van der Waals surface area (Å²) in [5, 5.41) is 0. The topological polar surface area (TPSA) is 24.9 Å². The molecule has 0 saturated carbocycles. The van der Waals surface area contributed by atoms with Crippen molar-refractivity contribution in [2.45, 2.75) is 13.1 Å². The van der Waals surface area contributed by atoms with Crippen molar-refractivity contribution < 1.29 is 9.47 Å². The van der Waals surface area contributed by atoms with Gasteiger partial charge in [0, 0.05) is 24.5 Å². The van der Waals surface area contributed by atoms with Crippen LogP contribution in [0.25, 0.3) is 0 Å². The fraction of sp³-hybridized carbons (Fsp3) is 0.294. The van der Waals surface area contributed by atoms with Crippen molar-refractivity contribution in [3.8, 4) is 11.5 Å². The summed E-state index contributed by atoms with van der Waals surface area (Å²) in [6, 6.07) is 12.7. The zero-order valence-electron chi connectivity index (χ0n) is 12.3. The molecular weight excluding hydrogens is 264 g/mol. The van der Waals surface area contributed by atoms with Crippen molar-refractivity contribution in [1.29, 1.82) is 0 Å².